The van der Waals surface area contributed by atoms with Gasteiger partial charge in [-0.15, -0.1) is 5.10 Å². The lowest BCUT2D eigenvalue weighted by Crippen LogP contribution is -2.28. The summed E-state index contributed by atoms with van der Waals surface area (Å²) in [6, 6.07) is 6.86. The third-order valence-electron chi connectivity index (χ3n) is 7.64. The van der Waals surface area contributed by atoms with Crippen molar-refractivity contribution in [1.29, 1.82) is 0 Å². The molecule has 0 spiro atoms. The Hall–Kier alpha value is -3.49. The SMILES string of the molecule is Cc1c(F)cccc1NC(=O)c1cc(F)c(-n2nc3n(c2=O)CCCC3)cc1O[C@@H](C)C1CCCCC1. The minimum atomic E-state index is -0.767. The lowest BCUT2D eigenvalue weighted by atomic mass is 9.86. The summed E-state index contributed by atoms with van der Waals surface area (Å²) in [5.74, 6) is -0.745. The number of aromatic nitrogens is 3. The molecule has 1 fully saturated rings. The number of nitrogens with one attached hydrogen (secondary N) is 1. The maximum absolute atomic E-state index is 15.5. The maximum Gasteiger partial charge on any atom is 0.350 e. The van der Waals surface area contributed by atoms with Crippen molar-refractivity contribution in [2.75, 3.05) is 5.32 Å². The molecule has 196 valence electrons. The molecule has 5 rings (SSSR count). The summed E-state index contributed by atoms with van der Waals surface area (Å²) in [6.45, 7) is 4.06. The van der Waals surface area contributed by atoms with Crippen molar-refractivity contribution in [3.05, 3.63) is 69.4 Å². The van der Waals surface area contributed by atoms with Gasteiger partial charge in [0.25, 0.3) is 5.91 Å². The van der Waals surface area contributed by atoms with Gasteiger partial charge in [0.15, 0.2) is 0 Å². The number of ether oxygens (including phenoxy) is 1. The van der Waals surface area contributed by atoms with E-state index in [0.29, 0.717) is 30.4 Å². The molecule has 1 aliphatic carbocycles. The Morgan fingerprint density at radius 1 is 1.11 bits per heavy atom. The van der Waals surface area contributed by atoms with Gasteiger partial charge in [0.2, 0.25) is 0 Å². The fraction of sp³-hybridized carbons (Fsp3) is 0.464. The highest BCUT2D eigenvalue weighted by molar-refractivity contribution is 6.06. The maximum atomic E-state index is 15.5. The van der Waals surface area contributed by atoms with Crippen LogP contribution in [0.1, 0.15) is 73.6 Å². The van der Waals surface area contributed by atoms with Crippen molar-refractivity contribution in [2.45, 2.75) is 77.9 Å². The fourth-order valence-corrected chi connectivity index (χ4v) is 5.37. The van der Waals surface area contributed by atoms with E-state index in [1.54, 1.807) is 17.6 Å². The first-order chi connectivity index (χ1) is 17.8. The summed E-state index contributed by atoms with van der Waals surface area (Å²) >= 11 is 0. The molecule has 1 amide bonds. The van der Waals surface area contributed by atoms with Crippen LogP contribution in [0.3, 0.4) is 0 Å². The van der Waals surface area contributed by atoms with Crippen LogP contribution in [0.15, 0.2) is 35.1 Å². The predicted molar refractivity (Wildman–Crippen MR) is 136 cm³/mol. The number of hydrogen-bond acceptors (Lipinski definition) is 4. The van der Waals surface area contributed by atoms with Crippen LogP contribution in [0.2, 0.25) is 0 Å². The Kier molecular flexibility index (Phi) is 7.13. The van der Waals surface area contributed by atoms with Crippen molar-refractivity contribution in [3.8, 4) is 11.4 Å². The average Bonchev–Trinajstić information content (AvgIpc) is 3.24. The minimum Gasteiger partial charge on any atom is -0.490 e. The second kappa shape index (κ2) is 10.5. The van der Waals surface area contributed by atoms with Crippen molar-refractivity contribution in [1.82, 2.24) is 14.3 Å². The molecule has 1 aliphatic heterocycles. The standard InChI is InChI=1S/C28H32F2N4O3/c1-17-21(29)11-8-12-23(17)31-27(35)20-15-22(30)24(34-28(36)33-14-7-6-13-26(33)32-34)16-25(20)37-18(2)19-9-4-3-5-10-19/h8,11-12,15-16,18-19H,3-7,9-10,13-14H2,1-2H3,(H,31,35)/t18-/m0/s1. The van der Waals surface area contributed by atoms with Crippen LogP contribution in [-0.4, -0.2) is 26.4 Å². The molecule has 2 aliphatic rings. The number of carbonyl (C=O) groups excluding carboxylic acids is 1. The predicted octanol–water partition coefficient (Wildman–Crippen LogP) is 5.56. The van der Waals surface area contributed by atoms with E-state index >= 15 is 4.39 Å². The topological polar surface area (TPSA) is 78.2 Å². The quantitative estimate of drug-likeness (QED) is 0.471. The summed E-state index contributed by atoms with van der Waals surface area (Å²) < 4.78 is 38.5. The number of anilines is 1. The molecule has 2 aromatic carbocycles. The summed E-state index contributed by atoms with van der Waals surface area (Å²) in [5, 5.41) is 7.07. The first-order valence-corrected chi connectivity index (χ1v) is 13.1. The molecular formula is C28H32F2N4O3. The lowest BCUT2D eigenvalue weighted by molar-refractivity contribution is 0.0997. The van der Waals surface area contributed by atoms with Crippen LogP contribution in [0.4, 0.5) is 14.5 Å². The van der Waals surface area contributed by atoms with E-state index in [0.717, 1.165) is 49.3 Å². The Bertz CT molecular complexity index is 1370. The van der Waals surface area contributed by atoms with Crippen LogP contribution >= 0.6 is 0 Å². The molecule has 37 heavy (non-hydrogen) atoms. The monoisotopic (exact) mass is 510 g/mol. The van der Waals surface area contributed by atoms with Gasteiger partial charge in [-0.25, -0.2) is 13.6 Å². The molecule has 1 N–H and O–H groups in total. The molecule has 1 atom stereocenters. The van der Waals surface area contributed by atoms with Gasteiger partial charge in [0.05, 0.1) is 11.7 Å². The molecule has 9 heteroatoms. The van der Waals surface area contributed by atoms with Crippen molar-refractivity contribution < 1.29 is 18.3 Å². The molecule has 2 heterocycles. The number of carbonyl (C=O) groups is 1. The number of halogens is 2. The van der Waals surface area contributed by atoms with Gasteiger partial charge in [0.1, 0.15) is 28.9 Å². The summed E-state index contributed by atoms with van der Waals surface area (Å²) in [5.41, 5.74) is 0.0770. The summed E-state index contributed by atoms with van der Waals surface area (Å²) in [6.07, 6.45) is 7.70. The number of aryl methyl sites for hydroxylation is 1. The largest absolute Gasteiger partial charge is 0.490 e. The van der Waals surface area contributed by atoms with E-state index in [1.165, 1.54) is 24.6 Å². The molecule has 0 saturated heterocycles. The highest BCUT2D eigenvalue weighted by Gasteiger charge is 2.27. The number of hydrogen-bond donors (Lipinski definition) is 1. The molecule has 0 radical (unpaired) electrons. The molecule has 7 nitrogen and oxygen atoms in total. The number of nitrogens with zero attached hydrogens (tertiary/aromatic N) is 3. The summed E-state index contributed by atoms with van der Waals surface area (Å²) in [7, 11) is 0. The van der Waals surface area contributed by atoms with Crippen molar-refractivity contribution in [3.63, 3.8) is 0 Å². The number of rotatable bonds is 6. The van der Waals surface area contributed by atoms with Crippen molar-refractivity contribution in [2.24, 2.45) is 5.92 Å². The molecule has 0 bridgehead atoms. The number of benzene rings is 2. The van der Waals surface area contributed by atoms with E-state index in [1.807, 2.05) is 6.92 Å². The van der Waals surface area contributed by atoms with E-state index < -0.39 is 23.2 Å². The van der Waals surface area contributed by atoms with Crippen LogP contribution in [0.25, 0.3) is 5.69 Å². The van der Waals surface area contributed by atoms with Crippen LogP contribution in [-0.2, 0) is 13.0 Å². The highest BCUT2D eigenvalue weighted by atomic mass is 19.1. The van der Waals surface area contributed by atoms with E-state index in [9.17, 15) is 14.0 Å². The first-order valence-electron chi connectivity index (χ1n) is 13.1. The number of fused-ring (bicyclic) bond motifs is 1. The second-order valence-corrected chi connectivity index (χ2v) is 10.1. The zero-order valence-corrected chi connectivity index (χ0v) is 21.2. The van der Waals surface area contributed by atoms with E-state index in [4.69, 9.17) is 4.74 Å². The van der Waals surface area contributed by atoms with Gasteiger partial charge in [0, 0.05) is 30.3 Å². The molecular weight excluding hydrogens is 478 g/mol. The zero-order chi connectivity index (χ0) is 26.1. The smallest absolute Gasteiger partial charge is 0.350 e. The van der Waals surface area contributed by atoms with Crippen LogP contribution in [0, 0.1) is 24.5 Å². The molecule has 1 aromatic heterocycles. The first kappa shape index (κ1) is 25.2. The van der Waals surface area contributed by atoms with E-state index in [2.05, 4.69) is 10.4 Å². The highest BCUT2D eigenvalue weighted by Crippen LogP contribution is 2.32. The van der Waals surface area contributed by atoms with Gasteiger partial charge >= 0.3 is 5.69 Å². The fourth-order valence-electron chi connectivity index (χ4n) is 5.37. The third-order valence-corrected chi connectivity index (χ3v) is 7.64. The Labute approximate surface area is 214 Å². The van der Waals surface area contributed by atoms with Gasteiger partial charge in [-0.2, -0.15) is 4.68 Å². The van der Waals surface area contributed by atoms with Crippen LogP contribution < -0.4 is 15.7 Å². The normalized spacial score (nSPS) is 16.8. The minimum absolute atomic E-state index is 0.0235. The van der Waals surface area contributed by atoms with Gasteiger partial charge in [-0.1, -0.05) is 25.3 Å². The second-order valence-electron chi connectivity index (χ2n) is 10.1. The van der Waals surface area contributed by atoms with E-state index in [-0.39, 0.29) is 28.7 Å². The Balaban J connectivity index is 1.54. The summed E-state index contributed by atoms with van der Waals surface area (Å²) in [4.78, 5) is 26.3. The van der Waals surface area contributed by atoms with Gasteiger partial charge < -0.3 is 10.1 Å². The lowest BCUT2D eigenvalue weighted by Gasteiger charge is -2.29. The Morgan fingerprint density at radius 2 is 1.89 bits per heavy atom. The van der Waals surface area contributed by atoms with Crippen LogP contribution in [0.5, 0.6) is 5.75 Å². The molecule has 0 unspecified atom stereocenters. The molecule has 1 saturated carbocycles. The van der Waals surface area contributed by atoms with Gasteiger partial charge in [-0.05, 0) is 63.6 Å². The zero-order valence-electron chi connectivity index (χ0n) is 21.2. The van der Waals surface area contributed by atoms with Crippen molar-refractivity contribution >= 4 is 11.6 Å². The Morgan fingerprint density at radius 3 is 2.65 bits per heavy atom. The average molecular weight is 511 g/mol. The van der Waals surface area contributed by atoms with Gasteiger partial charge in [-0.3, -0.25) is 9.36 Å². The molecule has 3 aromatic rings. The third kappa shape index (κ3) is 5.04. The number of amides is 1.